The molecule has 2 aromatic rings. The van der Waals surface area contributed by atoms with Gasteiger partial charge in [0.1, 0.15) is 18.1 Å². The fourth-order valence-corrected chi connectivity index (χ4v) is 1.63. The van der Waals surface area contributed by atoms with E-state index in [-0.39, 0.29) is 6.61 Å². The average Bonchev–Trinajstić information content (AvgIpc) is 2.45. The van der Waals surface area contributed by atoms with Gasteiger partial charge in [0.05, 0.1) is 12.7 Å². The molecule has 0 saturated heterocycles. The summed E-state index contributed by atoms with van der Waals surface area (Å²) < 4.78 is 47.7. The molecular weight excluding hydrogens is 269 g/mol. The molecule has 0 fully saturated rings. The van der Waals surface area contributed by atoms with Gasteiger partial charge in [0.2, 0.25) is 0 Å². The second-order valence-corrected chi connectivity index (χ2v) is 4.16. The molecule has 0 N–H and O–H groups in total. The van der Waals surface area contributed by atoms with Crippen LogP contribution >= 0.6 is 0 Å². The van der Waals surface area contributed by atoms with Crippen molar-refractivity contribution in [1.29, 1.82) is 0 Å². The number of benzene rings is 2. The third kappa shape index (κ3) is 3.66. The minimum Gasteiger partial charge on any atom is -0.497 e. The number of hydrogen-bond donors (Lipinski definition) is 0. The fourth-order valence-electron chi connectivity index (χ4n) is 1.63. The van der Waals surface area contributed by atoms with Crippen molar-refractivity contribution >= 4 is 0 Å². The van der Waals surface area contributed by atoms with Crippen LogP contribution in [0.1, 0.15) is 11.1 Å². The van der Waals surface area contributed by atoms with Crippen molar-refractivity contribution in [3.05, 3.63) is 59.7 Å². The maximum atomic E-state index is 12.4. The first-order valence-corrected chi connectivity index (χ1v) is 5.92. The van der Waals surface area contributed by atoms with Crippen LogP contribution in [0.25, 0.3) is 0 Å². The summed E-state index contributed by atoms with van der Waals surface area (Å²) in [5.74, 6) is 1.34. The van der Waals surface area contributed by atoms with Crippen LogP contribution in [-0.4, -0.2) is 7.11 Å². The molecule has 0 unspecified atom stereocenters. The molecule has 0 aliphatic heterocycles. The van der Waals surface area contributed by atoms with E-state index >= 15 is 0 Å². The topological polar surface area (TPSA) is 18.5 Å². The summed E-state index contributed by atoms with van der Waals surface area (Å²) in [4.78, 5) is 0. The quantitative estimate of drug-likeness (QED) is 0.832. The highest BCUT2D eigenvalue weighted by molar-refractivity contribution is 5.31. The predicted octanol–water partition coefficient (Wildman–Crippen LogP) is 4.29. The highest BCUT2D eigenvalue weighted by Gasteiger charge is 2.29. The van der Waals surface area contributed by atoms with Gasteiger partial charge < -0.3 is 9.47 Å². The van der Waals surface area contributed by atoms with Crippen LogP contribution in [-0.2, 0) is 12.8 Å². The second kappa shape index (κ2) is 5.86. The third-order valence-corrected chi connectivity index (χ3v) is 2.75. The standard InChI is InChI=1S/C15H13F3O2/c1-19-13-6-8-14(9-7-13)20-10-11-2-4-12(5-3-11)15(16,17)18/h2-9H,10H2,1H3. The molecule has 0 amide bonds. The van der Waals surface area contributed by atoms with E-state index in [1.807, 2.05) is 0 Å². The fraction of sp³-hybridized carbons (Fsp3) is 0.200. The maximum absolute atomic E-state index is 12.4. The summed E-state index contributed by atoms with van der Waals surface area (Å²) in [5.41, 5.74) is 0.0134. The Bertz CT molecular complexity index is 545. The van der Waals surface area contributed by atoms with E-state index in [2.05, 4.69) is 0 Å². The monoisotopic (exact) mass is 282 g/mol. The lowest BCUT2D eigenvalue weighted by Gasteiger charge is -2.09. The lowest BCUT2D eigenvalue weighted by atomic mass is 10.1. The second-order valence-electron chi connectivity index (χ2n) is 4.16. The molecule has 0 heterocycles. The van der Waals surface area contributed by atoms with E-state index in [0.717, 1.165) is 12.1 Å². The van der Waals surface area contributed by atoms with Crippen molar-refractivity contribution in [2.45, 2.75) is 12.8 Å². The Kier molecular flexibility index (Phi) is 4.17. The van der Waals surface area contributed by atoms with Crippen LogP contribution in [0, 0.1) is 0 Å². The Labute approximate surface area is 114 Å². The Morgan fingerprint density at radius 2 is 1.40 bits per heavy atom. The van der Waals surface area contributed by atoms with Gasteiger partial charge in [0.15, 0.2) is 0 Å². The molecule has 0 aliphatic rings. The molecule has 0 spiro atoms. The Hall–Kier alpha value is -2.17. The summed E-state index contributed by atoms with van der Waals surface area (Å²) in [5, 5.41) is 0. The smallest absolute Gasteiger partial charge is 0.416 e. The SMILES string of the molecule is COc1ccc(OCc2ccc(C(F)(F)F)cc2)cc1. The number of methoxy groups -OCH3 is 1. The molecule has 106 valence electrons. The maximum Gasteiger partial charge on any atom is 0.416 e. The van der Waals surface area contributed by atoms with Gasteiger partial charge in [-0.1, -0.05) is 12.1 Å². The zero-order chi connectivity index (χ0) is 14.6. The molecular formula is C15H13F3O2. The van der Waals surface area contributed by atoms with Crippen molar-refractivity contribution in [2.24, 2.45) is 0 Å². The highest BCUT2D eigenvalue weighted by atomic mass is 19.4. The van der Waals surface area contributed by atoms with E-state index in [1.165, 1.54) is 12.1 Å². The van der Waals surface area contributed by atoms with Crippen LogP contribution in [0.15, 0.2) is 48.5 Å². The first-order valence-electron chi connectivity index (χ1n) is 5.92. The molecule has 20 heavy (non-hydrogen) atoms. The van der Waals surface area contributed by atoms with E-state index < -0.39 is 11.7 Å². The molecule has 0 bridgehead atoms. The summed E-state index contributed by atoms with van der Waals surface area (Å²) in [6.07, 6.45) is -4.31. The Morgan fingerprint density at radius 3 is 1.90 bits per heavy atom. The molecule has 0 saturated carbocycles. The van der Waals surface area contributed by atoms with Crippen LogP contribution in [0.4, 0.5) is 13.2 Å². The van der Waals surface area contributed by atoms with Gasteiger partial charge in [-0.25, -0.2) is 0 Å². The van der Waals surface area contributed by atoms with Crippen molar-refractivity contribution in [2.75, 3.05) is 7.11 Å². The van der Waals surface area contributed by atoms with Crippen LogP contribution < -0.4 is 9.47 Å². The number of halogens is 3. The Balaban J connectivity index is 1.96. The van der Waals surface area contributed by atoms with Gasteiger partial charge in [-0.15, -0.1) is 0 Å². The number of alkyl halides is 3. The van der Waals surface area contributed by atoms with Crippen molar-refractivity contribution < 1.29 is 22.6 Å². The summed E-state index contributed by atoms with van der Waals surface area (Å²) in [6.45, 7) is 0.213. The van der Waals surface area contributed by atoms with E-state index in [4.69, 9.17) is 9.47 Å². The van der Waals surface area contributed by atoms with Crippen molar-refractivity contribution in [1.82, 2.24) is 0 Å². The lowest BCUT2D eigenvalue weighted by molar-refractivity contribution is -0.137. The lowest BCUT2D eigenvalue weighted by Crippen LogP contribution is -2.05. The van der Waals surface area contributed by atoms with Crippen LogP contribution in [0.5, 0.6) is 11.5 Å². The average molecular weight is 282 g/mol. The normalized spacial score (nSPS) is 11.2. The molecule has 0 aliphatic carbocycles. The number of rotatable bonds is 4. The summed E-state index contributed by atoms with van der Waals surface area (Å²) >= 11 is 0. The van der Waals surface area contributed by atoms with E-state index in [1.54, 1.807) is 31.4 Å². The minimum atomic E-state index is -4.31. The molecule has 2 aromatic carbocycles. The van der Waals surface area contributed by atoms with E-state index in [9.17, 15) is 13.2 Å². The predicted molar refractivity (Wildman–Crippen MR) is 68.8 cm³/mol. The molecule has 0 radical (unpaired) electrons. The van der Waals surface area contributed by atoms with Gasteiger partial charge in [0, 0.05) is 0 Å². The highest BCUT2D eigenvalue weighted by Crippen LogP contribution is 2.29. The first-order chi connectivity index (χ1) is 9.49. The van der Waals surface area contributed by atoms with Crippen LogP contribution in [0.2, 0.25) is 0 Å². The van der Waals surface area contributed by atoms with Gasteiger partial charge in [-0.05, 0) is 42.0 Å². The Morgan fingerprint density at radius 1 is 0.850 bits per heavy atom. The van der Waals surface area contributed by atoms with Gasteiger partial charge >= 0.3 is 6.18 Å². The van der Waals surface area contributed by atoms with Crippen molar-refractivity contribution in [3.8, 4) is 11.5 Å². The van der Waals surface area contributed by atoms with Gasteiger partial charge in [0.25, 0.3) is 0 Å². The summed E-state index contributed by atoms with van der Waals surface area (Å²) in [7, 11) is 1.57. The zero-order valence-corrected chi connectivity index (χ0v) is 10.8. The minimum absolute atomic E-state index is 0.213. The van der Waals surface area contributed by atoms with Crippen molar-refractivity contribution in [3.63, 3.8) is 0 Å². The number of hydrogen-bond acceptors (Lipinski definition) is 2. The third-order valence-electron chi connectivity index (χ3n) is 2.75. The molecule has 0 aromatic heterocycles. The van der Waals surface area contributed by atoms with Gasteiger partial charge in [-0.2, -0.15) is 13.2 Å². The molecule has 5 heteroatoms. The van der Waals surface area contributed by atoms with Gasteiger partial charge in [-0.3, -0.25) is 0 Å². The first kappa shape index (κ1) is 14.2. The van der Waals surface area contributed by atoms with E-state index in [0.29, 0.717) is 17.1 Å². The number of ether oxygens (including phenoxy) is 2. The largest absolute Gasteiger partial charge is 0.497 e. The molecule has 2 rings (SSSR count). The summed E-state index contributed by atoms with van der Waals surface area (Å²) in [6, 6.07) is 11.9. The zero-order valence-electron chi connectivity index (χ0n) is 10.8. The van der Waals surface area contributed by atoms with Crippen LogP contribution in [0.3, 0.4) is 0 Å². The molecule has 0 atom stereocenters. The molecule has 2 nitrogen and oxygen atoms in total.